The van der Waals surface area contributed by atoms with Crippen molar-refractivity contribution in [1.82, 2.24) is 4.90 Å². The van der Waals surface area contributed by atoms with E-state index in [-0.39, 0.29) is 17.9 Å². The third kappa shape index (κ3) is 7.83. The average Bonchev–Trinajstić information content (AvgIpc) is 3.43. The molecule has 1 aromatic carbocycles. The summed E-state index contributed by atoms with van der Waals surface area (Å²) in [6.07, 6.45) is 10.5. The highest BCUT2D eigenvalue weighted by atomic mass is 32.1. The highest BCUT2D eigenvalue weighted by molar-refractivity contribution is 7.13. The van der Waals surface area contributed by atoms with Gasteiger partial charge in [0.2, 0.25) is 5.91 Å². The third-order valence-electron chi connectivity index (χ3n) is 6.40. The lowest BCUT2D eigenvalue weighted by Gasteiger charge is -2.23. The maximum absolute atomic E-state index is 12.3. The molecule has 3 atom stereocenters. The van der Waals surface area contributed by atoms with Crippen LogP contribution in [0, 0.1) is 5.92 Å². The number of aliphatic hydroxyl groups is 1. The van der Waals surface area contributed by atoms with Crippen LogP contribution in [0.25, 0.3) is 0 Å². The van der Waals surface area contributed by atoms with E-state index in [1.165, 1.54) is 16.9 Å². The van der Waals surface area contributed by atoms with E-state index in [0.29, 0.717) is 17.8 Å². The van der Waals surface area contributed by atoms with E-state index in [9.17, 15) is 14.7 Å². The number of unbranched alkanes of at least 4 members (excludes halogenated alkanes) is 1. The predicted octanol–water partition coefficient (Wildman–Crippen LogP) is 5.34. The van der Waals surface area contributed by atoms with E-state index in [4.69, 9.17) is 5.11 Å². The van der Waals surface area contributed by atoms with Crippen molar-refractivity contribution in [1.29, 1.82) is 0 Å². The Kier molecular flexibility index (Phi) is 9.70. The lowest BCUT2D eigenvalue weighted by Crippen LogP contribution is -2.33. The molecule has 2 aromatic rings. The molecule has 0 saturated carbocycles. The van der Waals surface area contributed by atoms with Gasteiger partial charge in [-0.3, -0.25) is 4.79 Å². The van der Waals surface area contributed by atoms with Crippen molar-refractivity contribution in [3.63, 3.8) is 0 Å². The van der Waals surface area contributed by atoms with Crippen LogP contribution in [0.5, 0.6) is 0 Å². The fourth-order valence-electron chi connectivity index (χ4n) is 4.34. The molecule has 1 aliphatic rings. The number of aromatic carboxylic acids is 1. The van der Waals surface area contributed by atoms with Gasteiger partial charge >= 0.3 is 5.97 Å². The molecule has 0 bridgehead atoms. The van der Waals surface area contributed by atoms with Gasteiger partial charge in [-0.05, 0) is 62.1 Å². The molecule has 1 aliphatic heterocycles. The molecule has 0 spiro atoms. The predicted molar refractivity (Wildman–Crippen MR) is 133 cm³/mol. The summed E-state index contributed by atoms with van der Waals surface area (Å²) in [5.41, 5.74) is 1.36. The summed E-state index contributed by atoms with van der Waals surface area (Å²) in [4.78, 5) is 26.7. The SMILES string of the molecule is C[C@H](CCCCc1ccccc1)[C@@H](O)C=CC1CCC(=O)N1CCCc1ccc(C(=O)O)s1. The number of amides is 1. The molecule has 178 valence electrons. The van der Waals surface area contributed by atoms with Gasteiger partial charge in [-0.1, -0.05) is 55.8 Å². The standard InChI is InChI=1S/C27H35NO4S/c1-20(8-5-6-11-21-9-3-2-4-10-21)24(29)16-13-22-14-18-26(30)28(22)19-7-12-23-15-17-25(33-23)27(31)32/h2-4,9-10,13,15-17,20,22,24,29H,5-8,11-12,14,18-19H2,1H3,(H,31,32)/t20-,22?,24+/m1/s1. The summed E-state index contributed by atoms with van der Waals surface area (Å²) >= 11 is 1.30. The lowest BCUT2D eigenvalue weighted by atomic mass is 9.95. The summed E-state index contributed by atoms with van der Waals surface area (Å²) < 4.78 is 0. The second kappa shape index (κ2) is 12.7. The van der Waals surface area contributed by atoms with Gasteiger partial charge in [0.15, 0.2) is 0 Å². The van der Waals surface area contributed by atoms with Crippen molar-refractivity contribution in [2.75, 3.05) is 6.54 Å². The molecule has 0 aliphatic carbocycles. The van der Waals surface area contributed by atoms with E-state index in [0.717, 1.165) is 49.8 Å². The fourth-order valence-corrected chi connectivity index (χ4v) is 5.23. The minimum Gasteiger partial charge on any atom is -0.477 e. The number of hydrogen-bond acceptors (Lipinski definition) is 4. The molecule has 1 aromatic heterocycles. The molecule has 1 saturated heterocycles. The van der Waals surface area contributed by atoms with Gasteiger partial charge in [-0.15, -0.1) is 11.3 Å². The molecule has 3 rings (SSSR count). The molecule has 5 nitrogen and oxygen atoms in total. The van der Waals surface area contributed by atoms with E-state index in [1.807, 2.05) is 29.2 Å². The van der Waals surface area contributed by atoms with E-state index < -0.39 is 12.1 Å². The maximum Gasteiger partial charge on any atom is 0.345 e. The van der Waals surface area contributed by atoms with Gasteiger partial charge in [0.25, 0.3) is 0 Å². The summed E-state index contributed by atoms with van der Waals surface area (Å²) in [7, 11) is 0. The van der Waals surface area contributed by atoms with Crippen molar-refractivity contribution in [2.24, 2.45) is 5.92 Å². The molecule has 33 heavy (non-hydrogen) atoms. The van der Waals surface area contributed by atoms with E-state index in [1.54, 1.807) is 6.07 Å². The quantitative estimate of drug-likeness (QED) is 0.307. The molecule has 1 fully saturated rings. The Hall–Kier alpha value is -2.44. The highest BCUT2D eigenvalue weighted by Gasteiger charge is 2.28. The summed E-state index contributed by atoms with van der Waals surface area (Å²) in [5.74, 6) is -0.550. The van der Waals surface area contributed by atoms with Crippen molar-refractivity contribution < 1.29 is 19.8 Å². The number of carbonyl (C=O) groups is 2. The first-order valence-electron chi connectivity index (χ1n) is 12.0. The maximum atomic E-state index is 12.3. The Morgan fingerprint density at radius 3 is 2.67 bits per heavy atom. The minimum absolute atomic E-state index is 0.0374. The van der Waals surface area contributed by atoms with Crippen LogP contribution in [0.15, 0.2) is 54.6 Å². The van der Waals surface area contributed by atoms with Crippen LogP contribution in [0.3, 0.4) is 0 Å². The molecule has 2 heterocycles. The van der Waals surface area contributed by atoms with Crippen LogP contribution in [-0.4, -0.2) is 45.7 Å². The Bertz CT molecular complexity index is 923. The average molecular weight is 470 g/mol. The zero-order chi connectivity index (χ0) is 23.6. The molecule has 6 heteroatoms. The first-order valence-corrected chi connectivity index (χ1v) is 12.8. The van der Waals surface area contributed by atoms with Crippen molar-refractivity contribution >= 4 is 23.2 Å². The summed E-state index contributed by atoms with van der Waals surface area (Å²) in [6, 6.07) is 14.0. The second-order valence-corrected chi connectivity index (χ2v) is 10.1. The number of carbonyl (C=O) groups excluding carboxylic acids is 1. The van der Waals surface area contributed by atoms with Gasteiger partial charge < -0.3 is 15.1 Å². The normalized spacial score (nSPS) is 18.2. The number of rotatable bonds is 13. The van der Waals surface area contributed by atoms with Crippen molar-refractivity contribution in [2.45, 2.75) is 70.4 Å². The molecule has 2 N–H and O–H groups in total. The van der Waals surface area contributed by atoms with Crippen LogP contribution in [0.2, 0.25) is 0 Å². The summed E-state index contributed by atoms with van der Waals surface area (Å²) in [6.45, 7) is 2.74. The van der Waals surface area contributed by atoms with Crippen molar-refractivity contribution in [3.8, 4) is 0 Å². The molecular formula is C27H35NO4S. The molecule has 1 unspecified atom stereocenters. The number of thiophene rings is 1. The number of aliphatic hydroxyl groups excluding tert-OH is 1. The van der Waals surface area contributed by atoms with Gasteiger partial charge in [0, 0.05) is 17.8 Å². The number of likely N-dealkylation sites (tertiary alicyclic amines) is 1. The zero-order valence-electron chi connectivity index (χ0n) is 19.4. The van der Waals surface area contributed by atoms with Crippen LogP contribution in [0.1, 0.15) is 65.6 Å². The van der Waals surface area contributed by atoms with Gasteiger partial charge in [-0.2, -0.15) is 0 Å². The van der Waals surface area contributed by atoms with Gasteiger partial charge in [0.1, 0.15) is 4.88 Å². The Morgan fingerprint density at radius 1 is 1.15 bits per heavy atom. The number of carboxylic acids is 1. The number of hydrogen-bond donors (Lipinski definition) is 2. The van der Waals surface area contributed by atoms with Crippen LogP contribution < -0.4 is 0 Å². The second-order valence-electron chi connectivity index (χ2n) is 8.95. The Labute approximate surface area is 200 Å². The van der Waals surface area contributed by atoms with Gasteiger partial charge in [-0.25, -0.2) is 4.79 Å². The lowest BCUT2D eigenvalue weighted by molar-refractivity contribution is -0.128. The molecular weight excluding hydrogens is 434 g/mol. The molecule has 1 amide bonds. The van der Waals surface area contributed by atoms with E-state index >= 15 is 0 Å². The third-order valence-corrected chi connectivity index (χ3v) is 7.53. The van der Waals surface area contributed by atoms with Crippen LogP contribution in [-0.2, 0) is 17.6 Å². The number of nitrogens with zero attached hydrogens (tertiary/aromatic N) is 1. The number of benzene rings is 1. The Balaban J connectivity index is 1.40. The topological polar surface area (TPSA) is 77.8 Å². The fraction of sp³-hybridized carbons (Fsp3) is 0.481. The number of carboxylic acid groups (broad SMARTS) is 1. The van der Waals surface area contributed by atoms with Gasteiger partial charge in [0.05, 0.1) is 12.1 Å². The Morgan fingerprint density at radius 2 is 1.94 bits per heavy atom. The highest BCUT2D eigenvalue weighted by Crippen LogP contribution is 2.23. The first-order chi connectivity index (χ1) is 15.9. The largest absolute Gasteiger partial charge is 0.477 e. The summed E-state index contributed by atoms with van der Waals surface area (Å²) in [5, 5.41) is 19.6. The van der Waals surface area contributed by atoms with Crippen LogP contribution >= 0.6 is 11.3 Å². The monoisotopic (exact) mass is 469 g/mol. The zero-order valence-corrected chi connectivity index (χ0v) is 20.2. The number of aryl methyl sites for hydroxylation is 2. The smallest absolute Gasteiger partial charge is 0.345 e. The van der Waals surface area contributed by atoms with Crippen molar-refractivity contribution in [3.05, 3.63) is 69.9 Å². The molecule has 0 radical (unpaired) electrons. The van der Waals surface area contributed by atoms with E-state index in [2.05, 4.69) is 31.2 Å². The minimum atomic E-state index is -0.893. The van der Waals surface area contributed by atoms with Crippen LogP contribution in [0.4, 0.5) is 0 Å². The first kappa shape index (κ1) is 25.2.